The Hall–Kier alpha value is -1.22. The van der Waals surface area contributed by atoms with Crippen LogP contribution in [0.3, 0.4) is 0 Å². The van der Waals surface area contributed by atoms with Crippen molar-refractivity contribution in [3.63, 3.8) is 0 Å². The third kappa shape index (κ3) is 8.33. The highest BCUT2D eigenvalue weighted by Crippen LogP contribution is 2.21. The molecule has 1 aromatic heterocycles. The maximum Gasteiger partial charge on any atom is 0.111 e. The maximum absolute atomic E-state index is 10.0. The Balaban J connectivity index is 1.58. The van der Waals surface area contributed by atoms with Crippen molar-refractivity contribution in [2.75, 3.05) is 40.1 Å². The van der Waals surface area contributed by atoms with Crippen LogP contribution < -0.4 is 5.32 Å². The molecule has 1 aliphatic rings. The zero-order valence-electron chi connectivity index (χ0n) is 17.9. The number of aryl methyl sites for hydroxylation is 1. The van der Waals surface area contributed by atoms with Crippen LogP contribution in [-0.2, 0) is 27.3 Å². The van der Waals surface area contributed by atoms with Crippen molar-refractivity contribution < 1.29 is 39.7 Å². The minimum Gasteiger partial charge on any atom is -0.389 e. The first-order chi connectivity index (χ1) is 15.0. The number of hydrogen-bond donors (Lipinski definition) is 6. The summed E-state index contributed by atoms with van der Waals surface area (Å²) < 4.78 is 17.6. The molecule has 0 saturated heterocycles. The second-order valence-electron chi connectivity index (χ2n) is 7.61. The molecule has 0 bridgehead atoms. The molecule has 0 amide bonds. The zero-order chi connectivity index (χ0) is 22.6. The van der Waals surface area contributed by atoms with Crippen LogP contribution >= 0.6 is 0 Å². The highest BCUT2D eigenvalue weighted by molar-refractivity contribution is 5.03. The molecule has 1 aliphatic carbocycles. The van der Waals surface area contributed by atoms with Crippen LogP contribution in [-0.4, -0.2) is 117 Å². The number of hydrogen-bond acceptors (Lipinski definition) is 11. The zero-order valence-corrected chi connectivity index (χ0v) is 17.9. The van der Waals surface area contributed by atoms with Crippen molar-refractivity contribution in [2.24, 2.45) is 0 Å². The molecule has 1 saturated carbocycles. The van der Waals surface area contributed by atoms with Crippen LogP contribution in [0.1, 0.15) is 25.0 Å². The predicted molar refractivity (Wildman–Crippen MR) is 108 cm³/mol. The molecule has 180 valence electrons. The lowest BCUT2D eigenvalue weighted by Gasteiger charge is -2.42. The van der Waals surface area contributed by atoms with Crippen LogP contribution in [0.25, 0.3) is 0 Å². The van der Waals surface area contributed by atoms with Gasteiger partial charge in [0, 0.05) is 59.4 Å². The highest BCUT2D eigenvalue weighted by atomic mass is 16.5. The van der Waals surface area contributed by atoms with E-state index in [-0.39, 0.29) is 6.54 Å². The van der Waals surface area contributed by atoms with Gasteiger partial charge in [0.25, 0.3) is 0 Å². The van der Waals surface area contributed by atoms with E-state index in [0.29, 0.717) is 45.3 Å². The normalized spacial score (nSPS) is 28.8. The summed E-state index contributed by atoms with van der Waals surface area (Å²) in [4.78, 5) is 0. The van der Waals surface area contributed by atoms with Gasteiger partial charge in [-0.15, -0.1) is 5.10 Å². The third-order valence-corrected chi connectivity index (χ3v) is 5.13. The minimum absolute atomic E-state index is 0.162. The predicted octanol–water partition coefficient (Wildman–Crippen LogP) is -2.60. The maximum atomic E-state index is 10.0. The second-order valence-corrected chi connectivity index (χ2v) is 7.61. The van der Waals surface area contributed by atoms with Gasteiger partial charge < -0.3 is 45.1 Å². The topological polar surface area (TPSA) is 172 Å². The van der Waals surface area contributed by atoms with Gasteiger partial charge in [0.2, 0.25) is 0 Å². The Labute approximate surface area is 181 Å². The van der Waals surface area contributed by atoms with E-state index in [2.05, 4.69) is 15.6 Å². The summed E-state index contributed by atoms with van der Waals surface area (Å²) in [5.41, 5.74) is 0.570. The SMILES string of the molecule is COCCCOCCCOCCCn1cc(CNC2[C@@H](O)[C@H](O)C(O)[C@H](O)[C@H]2O)nn1. The molecule has 31 heavy (non-hydrogen) atoms. The fraction of sp³-hybridized carbons (Fsp3) is 0.895. The molecule has 2 rings (SSSR count). The van der Waals surface area contributed by atoms with E-state index >= 15 is 0 Å². The van der Waals surface area contributed by atoms with E-state index in [1.54, 1.807) is 18.0 Å². The molecule has 1 heterocycles. The van der Waals surface area contributed by atoms with Gasteiger partial charge in [-0.05, 0) is 19.3 Å². The molecule has 0 radical (unpaired) electrons. The van der Waals surface area contributed by atoms with Gasteiger partial charge in [0.15, 0.2) is 0 Å². The molecule has 6 N–H and O–H groups in total. The van der Waals surface area contributed by atoms with Crippen molar-refractivity contribution in [3.8, 4) is 0 Å². The van der Waals surface area contributed by atoms with E-state index in [1.807, 2.05) is 0 Å². The molecule has 1 aromatic rings. The summed E-state index contributed by atoms with van der Waals surface area (Å²) in [5.74, 6) is 0. The lowest BCUT2D eigenvalue weighted by molar-refractivity contribution is -0.190. The fourth-order valence-electron chi connectivity index (χ4n) is 3.33. The molecule has 2 unspecified atom stereocenters. The second kappa shape index (κ2) is 14.0. The van der Waals surface area contributed by atoms with E-state index in [0.717, 1.165) is 19.3 Å². The third-order valence-electron chi connectivity index (χ3n) is 5.13. The molecular weight excluding hydrogens is 412 g/mol. The summed E-state index contributed by atoms with van der Waals surface area (Å²) in [5, 5.41) is 60.1. The summed E-state index contributed by atoms with van der Waals surface area (Å²) in [7, 11) is 1.67. The molecule has 12 nitrogen and oxygen atoms in total. The highest BCUT2D eigenvalue weighted by Gasteiger charge is 2.47. The Morgan fingerprint density at radius 1 is 0.839 bits per heavy atom. The summed E-state index contributed by atoms with van der Waals surface area (Å²) >= 11 is 0. The van der Waals surface area contributed by atoms with Crippen molar-refractivity contribution in [3.05, 3.63) is 11.9 Å². The minimum atomic E-state index is -1.61. The summed E-state index contributed by atoms with van der Waals surface area (Å²) in [6, 6.07) is -1.02. The molecule has 0 spiro atoms. The Morgan fingerprint density at radius 3 is 2.00 bits per heavy atom. The average Bonchev–Trinajstić information content (AvgIpc) is 3.22. The number of methoxy groups -OCH3 is 1. The number of rotatable bonds is 15. The van der Waals surface area contributed by atoms with E-state index in [1.165, 1.54) is 0 Å². The van der Waals surface area contributed by atoms with E-state index < -0.39 is 36.6 Å². The molecule has 0 aromatic carbocycles. The first kappa shape index (κ1) is 26.0. The van der Waals surface area contributed by atoms with Gasteiger partial charge in [-0.1, -0.05) is 5.21 Å². The number of nitrogens with zero attached hydrogens (tertiary/aromatic N) is 3. The molecule has 1 fully saturated rings. The number of aliphatic hydroxyl groups excluding tert-OH is 5. The summed E-state index contributed by atoms with van der Waals surface area (Å²) in [6.07, 6.45) is -3.38. The van der Waals surface area contributed by atoms with Crippen molar-refractivity contribution in [2.45, 2.75) is 68.9 Å². The molecule has 6 atom stereocenters. The van der Waals surface area contributed by atoms with Gasteiger partial charge in [-0.2, -0.15) is 0 Å². The average molecular weight is 449 g/mol. The fourth-order valence-corrected chi connectivity index (χ4v) is 3.33. The largest absolute Gasteiger partial charge is 0.389 e. The van der Waals surface area contributed by atoms with E-state index in [9.17, 15) is 25.5 Å². The Bertz CT molecular complexity index is 591. The number of nitrogens with one attached hydrogen (secondary N) is 1. The number of ether oxygens (including phenoxy) is 3. The lowest BCUT2D eigenvalue weighted by atomic mass is 9.83. The lowest BCUT2D eigenvalue weighted by Crippen LogP contribution is -2.67. The first-order valence-corrected chi connectivity index (χ1v) is 10.6. The Kier molecular flexibility index (Phi) is 11.8. The molecular formula is C19H36N4O8. The standard InChI is InChI=1S/C19H36N4O8/c1-29-6-3-8-31-10-4-9-30-7-2-5-23-12-13(21-22-23)11-20-14-15(24)17(26)19(28)18(27)16(14)25/h12,14-20,24-28H,2-11H2,1H3/t14?,15-,16+,17+,18-,19?. The van der Waals surface area contributed by atoms with Gasteiger partial charge in [0.05, 0.1) is 11.7 Å². The van der Waals surface area contributed by atoms with Gasteiger partial charge in [-0.25, -0.2) is 0 Å². The molecule has 12 heteroatoms. The van der Waals surface area contributed by atoms with Gasteiger partial charge >= 0.3 is 0 Å². The number of aliphatic hydroxyl groups is 5. The summed E-state index contributed by atoms with van der Waals surface area (Å²) in [6.45, 7) is 4.08. The monoisotopic (exact) mass is 448 g/mol. The first-order valence-electron chi connectivity index (χ1n) is 10.6. The van der Waals surface area contributed by atoms with Crippen LogP contribution in [0, 0.1) is 0 Å². The van der Waals surface area contributed by atoms with Crippen molar-refractivity contribution in [1.29, 1.82) is 0 Å². The Morgan fingerprint density at radius 2 is 1.39 bits per heavy atom. The van der Waals surface area contributed by atoms with Crippen LogP contribution in [0.5, 0.6) is 0 Å². The van der Waals surface area contributed by atoms with Crippen LogP contribution in [0.2, 0.25) is 0 Å². The van der Waals surface area contributed by atoms with E-state index in [4.69, 9.17) is 14.2 Å². The van der Waals surface area contributed by atoms with Crippen molar-refractivity contribution >= 4 is 0 Å². The van der Waals surface area contributed by atoms with Crippen LogP contribution in [0.4, 0.5) is 0 Å². The van der Waals surface area contributed by atoms with Crippen molar-refractivity contribution in [1.82, 2.24) is 20.3 Å². The quantitative estimate of drug-likeness (QED) is 0.155. The van der Waals surface area contributed by atoms with Crippen LogP contribution in [0.15, 0.2) is 6.20 Å². The smallest absolute Gasteiger partial charge is 0.111 e. The number of aromatic nitrogens is 3. The van der Waals surface area contributed by atoms with Gasteiger partial charge in [0.1, 0.15) is 30.5 Å². The molecule has 0 aliphatic heterocycles. The van der Waals surface area contributed by atoms with Gasteiger partial charge in [-0.3, -0.25) is 4.68 Å².